The van der Waals surface area contributed by atoms with Gasteiger partial charge in [-0.05, 0) is 38.8 Å². The van der Waals surface area contributed by atoms with Gasteiger partial charge in [0, 0.05) is 42.3 Å². The molecule has 8 heteroatoms. The first-order valence-corrected chi connectivity index (χ1v) is 9.24. The first-order valence-electron chi connectivity index (χ1n) is 9.24. The molecule has 0 aromatic carbocycles. The average molecular weight is 379 g/mol. The van der Waals surface area contributed by atoms with E-state index in [1.54, 1.807) is 23.4 Å². The number of nitrogens with zero attached hydrogens (tertiary/aromatic N) is 5. The van der Waals surface area contributed by atoms with Crippen LogP contribution in [0.4, 0.5) is 0 Å². The minimum absolute atomic E-state index is 0.115. The van der Waals surface area contributed by atoms with E-state index in [9.17, 15) is 4.79 Å². The van der Waals surface area contributed by atoms with Crippen molar-refractivity contribution in [3.63, 3.8) is 0 Å². The lowest BCUT2D eigenvalue weighted by Gasteiger charge is -2.32. The number of likely N-dealkylation sites (tertiary alicyclic amines) is 1. The normalized spacial score (nSPS) is 16.8. The number of carbonyl (C=O) groups excluding carboxylic acids is 1. The van der Waals surface area contributed by atoms with Gasteiger partial charge in [0.1, 0.15) is 11.9 Å². The van der Waals surface area contributed by atoms with E-state index in [0.29, 0.717) is 30.6 Å². The van der Waals surface area contributed by atoms with E-state index in [2.05, 4.69) is 20.1 Å². The fourth-order valence-corrected chi connectivity index (χ4v) is 3.32. The number of carbonyl (C=O) groups is 1. The van der Waals surface area contributed by atoms with Crippen molar-refractivity contribution < 1.29 is 14.1 Å². The van der Waals surface area contributed by atoms with Crippen LogP contribution in [0.2, 0.25) is 0 Å². The molecule has 1 amide bonds. The number of ether oxygens (including phenoxy) is 1. The molecule has 0 radical (unpaired) electrons. The van der Waals surface area contributed by atoms with Gasteiger partial charge in [0.25, 0.3) is 5.91 Å². The molecule has 1 fully saturated rings. The first-order chi connectivity index (χ1) is 13.6. The fraction of sp³-hybridized carbons (Fsp3) is 0.350. The maximum absolute atomic E-state index is 12.9. The maximum Gasteiger partial charge on any atom is 0.276 e. The molecule has 1 unspecified atom stereocenters. The topological polar surface area (TPSA) is 94.2 Å². The highest BCUT2D eigenvalue weighted by atomic mass is 16.5. The molecule has 0 bridgehead atoms. The van der Waals surface area contributed by atoms with Gasteiger partial charge in [-0.3, -0.25) is 9.78 Å². The Balaban J connectivity index is 1.44. The summed E-state index contributed by atoms with van der Waals surface area (Å²) >= 11 is 0. The molecule has 3 aromatic heterocycles. The van der Waals surface area contributed by atoms with Gasteiger partial charge in [0.2, 0.25) is 5.88 Å². The van der Waals surface area contributed by atoms with Crippen LogP contribution in [0.15, 0.2) is 41.2 Å². The molecule has 0 aliphatic carbocycles. The van der Waals surface area contributed by atoms with Crippen molar-refractivity contribution in [3.8, 4) is 17.2 Å². The van der Waals surface area contributed by atoms with Gasteiger partial charge in [0.05, 0.1) is 6.54 Å². The summed E-state index contributed by atoms with van der Waals surface area (Å²) < 4.78 is 11.3. The smallest absolute Gasteiger partial charge is 0.276 e. The molecule has 3 aromatic rings. The van der Waals surface area contributed by atoms with Gasteiger partial charge in [-0.1, -0.05) is 5.16 Å². The molecule has 1 aliphatic heterocycles. The predicted octanol–water partition coefficient (Wildman–Crippen LogP) is 2.83. The third kappa shape index (κ3) is 4.00. The molecule has 0 N–H and O–H groups in total. The van der Waals surface area contributed by atoms with Gasteiger partial charge < -0.3 is 14.2 Å². The van der Waals surface area contributed by atoms with Crippen LogP contribution in [0.3, 0.4) is 0 Å². The molecule has 0 saturated carbocycles. The van der Waals surface area contributed by atoms with Gasteiger partial charge in [0.15, 0.2) is 11.5 Å². The summed E-state index contributed by atoms with van der Waals surface area (Å²) in [5, 5.41) is 3.94. The van der Waals surface area contributed by atoms with Crippen LogP contribution in [0.25, 0.3) is 11.3 Å². The molecule has 1 aliphatic rings. The zero-order chi connectivity index (χ0) is 19.5. The minimum atomic E-state index is -0.165. The number of aromatic nitrogens is 4. The van der Waals surface area contributed by atoms with Gasteiger partial charge in [-0.25, -0.2) is 4.98 Å². The van der Waals surface area contributed by atoms with Crippen molar-refractivity contribution >= 4 is 5.91 Å². The molecule has 4 heterocycles. The summed E-state index contributed by atoms with van der Waals surface area (Å²) in [5.74, 6) is 1.57. The number of piperidine rings is 1. The Kier molecular flexibility index (Phi) is 5.01. The second kappa shape index (κ2) is 7.75. The second-order valence-corrected chi connectivity index (χ2v) is 6.85. The Bertz CT molecular complexity index is 953. The molecular formula is C20H21N5O3. The Labute approximate surface area is 162 Å². The zero-order valence-corrected chi connectivity index (χ0v) is 15.8. The van der Waals surface area contributed by atoms with Crippen LogP contribution in [-0.4, -0.2) is 50.1 Å². The molecule has 28 heavy (non-hydrogen) atoms. The van der Waals surface area contributed by atoms with Crippen molar-refractivity contribution in [3.05, 3.63) is 53.9 Å². The van der Waals surface area contributed by atoms with Gasteiger partial charge in [-0.15, -0.1) is 0 Å². The summed E-state index contributed by atoms with van der Waals surface area (Å²) in [6, 6.07) is 7.13. The monoisotopic (exact) mass is 379 g/mol. The highest BCUT2D eigenvalue weighted by Gasteiger charge is 2.28. The summed E-state index contributed by atoms with van der Waals surface area (Å²) in [6.45, 7) is 4.88. The number of amides is 1. The molecular weight excluding hydrogens is 358 g/mol. The summed E-state index contributed by atoms with van der Waals surface area (Å²) in [4.78, 5) is 27.2. The summed E-state index contributed by atoms with van der Waals surface area (Å²) in [6.07, 6.45) is 4.96. The lowest BCUT2D eigenvalue weighted by atomic mass is 10.1. The molecule has 1 saturated heterocycles. The van der Waals surface area contributed by atoms with Crippen LogP contribution in [-0.2, 0) is 0 Å². The van der Waals surface area contributed by atoms with Crippen LogP contribution in [0, 0.1) is 13.8 Å². The molecule has 8 nitrogen and oxygen atoms in total. The minimum Gasteiger partial charge on any atom is -0.472 e. The van der Waals surface area contributed by atoms with E-state index < -0.39 is 0 Å². The van der Waals surface area contributed by atoms with Crippen molar-refractivity contribution in [2.45, 2.75) is 32.8 Å². The van der Waals surface area contributed by atoms with E-state index in [0.717, 1.165) is 24.1 Å². The Hall–Kier alpha value is -3.29. The third-order valence-corrected chi connectivity index (χ3v) is 4.57. The largest absolute Gasteiger partial charge is 0.472 e. The summed E-state index contributed by atoms with van der Waals surface area (Å²) in [5.41, 5.74) is 1.92. The van der Waals surface area contributed by atoms with Gasteiger partial charge in [-0.2, -0.15) is 4.98 Å². The van der Waals surface area contributed by atoms with Crippen LogP contribution < -0.4 is 4.74 Å². The second-order valence-electron chi connectivity index (χ2n) is 6.85. The number of hydrogen-bond acceptors (Lipinski definition) is 7. The van der Waals surface area contributed by atoms with Crippen LogP contribution in [0.5, 0.6) is 5.88 Å². The Morgan fingerprint density at radius 2 is 2.18 bits per heavy atom. The van der Waals surface area contributed by atoms with Crippen LogP contribution >= 0.6 is 0 Å². The molecule has 144 valence electrons. The lowest BCUT2D eigenvalue weighted by Crippen LogP contribution is -2.44. The first kappa shape index (κ1) is 18.1. The third-order valence-electron chi connectivity index (χ3n) is 4.57. The average Bonchev–Trinajstić information content (AvgIpc) is 3.18. The zero-order valence-electron chi connectivity index (χ0n) is 15.8. The lowest BCUT2D eigenvalue weighted by molar-refractivity contribution is 0.0518. The van der Waals surface area contributed by atoms with Crippen molar-refractivity contribution in [1.82, 2.24) is 25.0 Å². The maximum atomic E-state index is 12.9. The van der Waals surface area contributed by atoms with E-state index in [1.165, 1.54) is 0 Å². The standard InChI is InChI=1S/C20H21N5O3/c1-13-9-19(23-14(2)22-13)27-16-6-4-8-25(12-16)20(26)17-10-18(28-24-17)15-5-3-7-21-11-15/h3,5,7,9-11,16H,4,6,8,12H2,1-2H3. The van der Waals surface area contributed by atoms with Crippen molar-refractivity contribution in [2.24, 2.45) is 0 Å². The highest BCUT2D eigenvalue weighted by Crippen LogP contribution is 2.22. The fourth-order valence-electron chi connectivity index (χ4n) is 3.32. The summed E-state index contributed by atoms with van der Waals surface area (Å²) in [7, 11) is 0. The molecule has 4 rings (SSSR count). The number of rotatable bonds is 4. The van der Waals surface area contributed by atoms with E-state index in [4.69, 9.17) is 9.26 Å². The van der Waals surface area contributed by atoms with Crippen molar-refractivity contribution in [2.75, 3.05) is 13.1 Å². The van der Waals surface area contributed by atoms with Crippen molar-refractivity contribution in [1.29, 1.82) is 0 Å². The molecule has 0 spiro atoms. The number of hydrogen-bond donors (Lipinski definition) is 0. The number of aryl methyl sites for hydroxylation is 2. The van der Waals surface area contributed by atoms with Crippen LogP contribution in [0.1, 0.15) is 34.8 Å². The van der Waals surface area contributed by atoms with E-state index in [1.807, 2.05) is 32.0 Å². The quantitative estimate of drug-likeness (QED) is 0.688. The molecule has 1 atom stereocenters. The highest BCUT2D eigenvalue weighted by molar-refractivity contribution is 5.93. The Morgan fingerprint density at radius 3 is 2.96 bits per heavy atom. The Morgan fingerprint density at radius 1 is 1.29 bits per heavy atom. The number of pyridine rings is 1. The SMILES string of the molecule is Cc1cc(OC2CCCN(C(=O)c3cc(-c4cccnc4)on3)C2)nc(C)n1. The van der Waals surface area contributed by atoms with E-state index in [-0.39, 0.29) is 17.7 Å². The van der Waals surface area contributed by atoms with Gasteiger partial charge >= 0.3 is 0 Å². The van der Waals surface area contributed by atoms with E-state index >= 15 is 0 Å². The predicted molar refractivity (Wildman–Crippen MR) is 101 cm³/mol.